The van der Waals surface area contributed by atoms with Gasteiger partial charge < -0.3 is 29.2 Å². The second-order valence-corrected chi connectivity index (χ2v) is 14.0. The van der Waals surface area contributed by atoms with E-state index in [2.05, 4.69) is 5.32 Å². The van der Waals surface area contributed by atoms with Gasteiger partial charge in [0.1, 0.15) is 24.1 Å². The van der Waals surface area contributed by atoms with Crippen LogP contribution in [0.3, 0.4) is 0 Å². The van der Waals surface area contributed by atoms with E-state index in [0.717, 1.165) is 9.87 Å². The van der Waals surface area contributed by atoms with E-state index >= 15 is 0 Å². The smallest absolute Gasteiger partial charge is 0.265 e. The molecule has 4 aromatic rings. The van der Waals surface area contributed by atoms with Crippen LogP contribution in [0.15, 0.2) is 95.9 Å². The minimum atomic E-state index is -4.51. The molecule has 0 heterocycles. The summed E-state index contributed by atoms with van der Waals surface area (Å²) in [7, 11) is 1.17. The summed E-state index contributed by atoms with van der Waals surface area (Å²) in [4.78, 5) is 30.2. The third kappa shape index (κ3) is 9.65. The lowest BCUT2D eigenvalue weighted by Gasteiger charge is -2.34. The van der Waals surface area contributed by atoms with Crippen molar-refractivity contribution in [3.8, 4) is 23.0 Å². The van der Waals surface area contributed by atoms with E-state index in [-0.39, 0.29) is 47.0 Å². The zero-order valence-electron chi connectivity index (χ0n) is 29.6. The molecule has 0 bridgehead atoms. The van der Waals surface area contributed by atoms with Gasteiger partial charge in [-0.3, -0.25) is 13.9 Å². The van der Waals surface area contributed by atoms with E-state index < -0.39 is 28.5 Å². The van der Waals surface area contributed by atoms with Crippen LogP contribution in [0.4, 0.5) is 5.69 Å². The predicted octanol–water partition coefficient (Wildman–Crippen LogP) is 6.12. The van der Waals surface area contributed by atoms with E-state index in [1.807, 2.05) is 44.2 Å². The molecular weight excluding hydrogens is 694 g/mol. The number of hydrogen-bond acceptors (Lipinski definition) is 8. The Hall–Kier alpha value is -4.94. The number of nitrogens with zero attached hydrogens (tertiary/aromatic N) is 2. The van der Waals surface area contributed by atoms with Crippen LogP contribution < -0.4 is 28.6 Å². The van der Waals surface area contributed by atoms with Crippen LogP contribution in [0.5, 0.6) is 23.0 Å². The molecule has 4 aromatic carbocycles. The molecule has 2 atom stereocenters. The summed E-state index contributed by atoms with van der Waals surface area (Å²) in [5.41, 5.74) is 1.56. The van der Waals surface area contributed by atoms with Gasteiger partial charge in [-0.15, -0.1) is 0 Å². The van der Waals surface area contributed by atoms with Gasteiger partial charge in [-0.1, -0.05) is 61.0 Å². The molecule has 2 amide bonds. The standard InChI is InChI=1S/C38H44ClN3O8S/c1-7-26(2)40-38(44)33(21-27-11-9-8-10-12-27)41(24-28-13-15-29(39)16-14-28)37(43)25-42(32-22-30(47-3)17-19-34(32)48-4)51(45,46)31-18-20-35(49-5)36(23-31)50-6/h8-20,22-23,26,33H,7,21,24-25H2,1-6H3,(H,40,44)/t26-,33+/m0/s1. The maximum Gasteiger partial charge on any atom is 0.265 e. The molecule has 0 radical (unpaired) electrons. The second-order valence-electron chi connectivity index (χ2n) is 11.7. The number of methoxy groups -OCH3 is 4. The average Bonchev–Trinajstić information content (AvgIpc) is 3.15. The van der Waals surface area contributed by atoms with Crippen LogP contribution in [-0.2, 0) is 32.6 Å². The lowest BCUT2D eigenvalue weighted by molar-refractivity contribution is -0.140. The number of anilines is 1. The molecule has 0 fully saturated rings. The molecule has 11 nitrogen and oxygen atoms in total. The first-order valence-electron chi connectivity index (χ1n) is 16.3. The van der Waals surface area contributed by atoms with Crippen LogP contribution >= 0.6 is 11.6 Å². The van der Waals surface area contributed by atoms with Crippen molar-refractivity contribution in [1.82, 2.24) is 10.2 Å². The lowest BCUT2D eigenvalue weighted by Crippen LogP contribution is -2.54. The topological polar surface area (TPSA) is 124 Å². The Bertz CT molecular complexity index is 1890. The van der Waals surface area contributed by atoms with Gasteiger partial charge in [-0.05, 0) is 60.9 Å². The molecular formula is C38H44ClN3O8S. The Balaban J connectivity index is 1.90. The second kappa shape index (κ2) is 17.8. The van der Waals surface area contributed by atoms with Crippen molar-refractivity contribution in [2.45, 2.75) is 50.2 Å². The highest BCUT2D eigenvalue weighted by Gasteiger charge is 2.36. The fourth-order valence-electron chi connectivity index (χ4n) is 5.39. The first kappa shape index (κ1) is 38.9. The Morgan fingerprint density at radius 2 is 1.43 bits per heavy atom. The van der Waals surface area contributed by atoms with Crippen LogP contribution in [0.2, 0.25) is 5.02 Å². The van der Waals surface area contributed by atoms with Crippen LogP contribution in [0.1, 0.15) is 31.4 Å². The molecule has 0 saturated heterocycles. The first-order chi connectivity index (χ1) is 24.4. The molecule has 1 N–H and O–H groups in total. The van der Waals surface area contributed by atoms with E-state index in [4.69, 9.17) is 30.5 Å². The minimum absolute atomic E-state index is 0.0130. The highest BCUT2D eigenvalue weighted by Crippen LogP contribution is 2.38. The number of rotatable bonds is 17. The van der Waals surface area contributed by atoms with Crippen molar-refractivity contribution in [2.75, 3.05) is 39.3 Å². The third-order valence-electron chi connectivity index (χ3n) is 8.41. The van der Waals surface area contributed by atoms with E-state index in [9.17, 15) is 18.0 Å². The van der Waals surface area contributed by atoms with Crippen molar-refractivity contribution in [2.24, 2.45) is 0 Å². The quantitative estimate of drug-likeness (QED) is 0.138. The monoisotopic (exact) mass is 737 g/mol. The molecule has 51 heavy (non-hydrogen) atoms. The Labute approximate surface area is 305 Å². The Morgan fingerprint density at radius 1 is 0.784 bits per heavy atom. The molecule has 0 aromatic heterocycles. The fourth-order valence-corrected chi connectivity index (χ4v) is 6.95. The zero-order valence-corrected chi connectivity index (χ0v) is 31.2. The summed E-state index contributed by atoms with van der Waals surface area (Å²) in [6, 6.07) is 23.9. The van der Waals surface area contributed by atoms with Crippen LogP contribution in [-0.4, -0.2) is 72.2 Å². The molecule has 0 unspecified atom stereocenters. The average molecular weight is 738 g/mol. The van der Waals surface area contributed by atoms with Crippen LogP contribution in [0, 0.1) is 0 Å². The highest BCUT2D eigenvalue weighted by molar-refractivity contribution is 7.92. The molecule has 0 spiro atoms. The normalized spacial score (nSPS) is 12.3. The molecule has 0 aliphatic rings. The molecule has 0 aliphatic heterocycles. The van der Waals surface area contributed by atoms with Gasteiger partial charge in [0.05, 0.1) is 39.0 Å². The largest absolute Gasteiger partial charge is 0.497 e. The van der Waals surface area contributed by atoms with Crippen LogP contribution in [0.25, 0.3) is 0 Å². The van der Waals surface area contributed by atoms with Crippen molar-refractivity contribution in [3.05, 3.63) is 107 Å². The number of sulfonamides is 1. The van der Waals surface area contributed by atoms with Crippen molar-refractivity contribution in [3.63, 3.8) is 0 Å². The summed E-state index contributed by atoms with van der Waals surface area (Å²) < 4.78 is 52.1. The van der Waals surface area contributed by atoms with E-state index in [1.165, 1.54) is 57.6 Å². The number of halogens is 1. The van der Waals surface area contributed by atoms with Gasteiger partial charge in [0.2, 0.25) is 11.8 Å². The van der Waals surface area contributed by atoms with Gasteiger partial charge in [-0.2, -0.15) is 0 Å². The maximum atomic E-state index is 14.8. The molecule has 13 heteroatoms. The molecule has 0 aliphatic carbocycles. The lowest BCUT2D eigenvalue weighted by atomic mass is 10.0. The Kier molecular flexibility index (Phi) is 13.6. The minimum Gasteiger partial charge on any atom is -0.497 e. The number of benzene rings is 4. The first-order valence-corrected chi connectivity index (χ1v) is 18.1. The molecule has 4 rings (SSSR count). The number of nitrogens with one attached hydrogen (secondary N) is 1. The van der Waals surface area contributed by atoms with Gasteiger partial charge in [0.25, 0.3) is 10.0 Å². The number of carbonyl (C=O) groups excluding carboxylic acids is 2. The highest BCUT2D eigenvalue weighted by atomic mass is 35.5. The molecule has 0 saturated carbocycles. The van der Waals surface area contributed by atoms with E-state index in [1.54, 1.807) is 36.4 Å². The maximum absolute atomic E-state index is 14.8. The SMILES string of the molecule is CC[C@H](C)NC(=O)[C@@H](Cc1ccccc1)N(Cc1ccc(Cl)cc1)C(=O)CN(c1cc(OC)ccc1OC)S(=O)(=O)c1ccc(OC)c(OC)c1. The van der Waals surface area contributed by atoms with Gasteiger partial charge in [0.15, 0.2) is 11.5 Å². The zero-order chi connectivity index (χ0) is 37.1. The summed E-state index contributed by atoms with van der Waals surface area (Å²) in [5.74, 6) is -0.00600. The number of carbonyl (C=O) groups is 2. The van der Waals surface area contributed by atoms with Gasteiger partial charge in [0, 0.05) is 36.2 Å². The number of amides is 2. The molecule has 272 valence electrons. The fraction of sp³-hybridized carbons (Fsp3) is 0.316. The van der Waals surface area contributed by atoms with Crippen molar-refractivity contribution >= 4 is 39.1 Å². The summed E-state index contributed by atoms with van der Waals surface area (Å²) in [5, 5.41) is 3.53. The van der Waals surface area contributed by atoms with Gasteiger partial charge in [-0.25, -0.2) is 8.42 Å². The predicted molar refractivity (Wildman–Crippen MR) is 197 cm³/mol. The number of ether oxygens (including phenoxy) is 4. The van der Waals surface area contributed by atoms with Crippen molar-refractivity contribution < 1.29 is 37.0 Å². The van der Waals surface area contributed by atoms with Gasteiger partial charge >= 0.3 is 0 Å². The van der Waals surface area contributed by atoms with E-state index in [0.29, 0.717) is 28.5 Å². The third-order valence-corrected chi connectivity index (χ3v) is 10.4. The van der Waals surface area contributed by atoms with Crippen molar-refractivity contribution in [1.29, 1.82) is 0 Å². The summed E-state index contributed by atoms with van der Waals surface area (Å²) in [6.45, 7) is 3.12. The number of hydrogen-bond donors (Lipinski definition) is 1. The summed E-state index contributed by atoms with van der Waals surface area (Å²) in [6.07, 6.45) is 0.843. The Morgan fingerprint density at radius 3 is 2.04 bits per heavy atom. The summed E-state index contributed by atoms with van der Waals surface area (Å²) >= 11 is 6.19.